The molecule has 0 atom stereocenters. The maximum Gasteiger partial charge on any atom is 0.206 e. The van der Waals surface area contributed by atoms with Crippen LogP contribution in [0, 0.1) is 13.8 Å². The number of ether oxygens (including phenoxy) is 1. The van der Waals surface area contributed by atoms with Gasteiger partial charge in [0, 0.05) is 0 Å². The van der Waals surface area contributed by atoms with Crippen LogP contribution in [0.1, 0.15) is 11.1 Å². The monoisotopic (exact) mass is 276 g/mol. The molecule has 4 heteroatoms. The van der Waals surface area contributed by atoms with Crippen LogP contribution in [0.25, 0.3) is 0 Å². The van der Waals surface area contributed by atoms with Gasteiger partial charge in [0.05, 0.1) is 16.9 Å². The lowest BCUT2D eigenvalue weighted by Gasteiger charge is -2.08. The lowest BCUT2D eigenvalue weighted by Crippen LogP contribution is -2.02. The molecule has 0 N–H and O–H groups in total. The summed E-state index contributed by atoms with van der Waals surface area (Å²) in [4.78, 5) is 0.595. The summed E-state index contributed by atoms with van der Waals surface area (Å²) in [7, 11) is -1.89. The van der Waals surface area contributed by atoms with E-state index < -0.39 is 9.84 Å². The van der Waals surface area contributed by atoms with Gasteiger partial charge in [0.25, 0.3) is 0 Å². The zero-order valence-electron chi connectivity index (χ0n) is 11.2. The predicted molar refractivity (Wildman–Crippen MR) is 74.4 cm³/mol. The second kappa shape index (κ2) is 5.05. The predicted octanol–water partition coefficient (Wildman–Crippen LogP) is 3.14. The van der Waals surface area contributed by atoms with Crippen LogP contribution in [0.15, 0.2) is 52.3 Å². The van der Waals surface area contributed by atoms with Crippen LogP contribution >= 0.6 is 0 Å². The van der Waals surface area contributed by atoms with Gasteiger partial charge in [-0.25, -0.2) is 8.42 Å². The number of aryl methyl sites for hydroxylation is 2. The molecule has 3 nitrogen and oxygen atoms in total. The van der Waals surface area contributed by atoms with Gasteiger partial charge in [-0.15, -0.1) is 0 Å². The van der Waals surface area contributed by atoms with Crippen molar-refractivity contribution in [2.45, 2.75) is 23.6 Å². The lowest BCUT2D eigenvalue weighted by molar-refractivity contribution is 0.411. The number of hydrogen-bond acceptors (Lipinski definition) is 3. The average molecular weight is 276 g/mol. The maximum atomic E-state index is 12.5. The molecule has 0 heterocycles. The molecule has 2 aromatic rings. The molecule has 0 aliphatic rings. The van der Waals surface area contributed by atoms with Crippen LogP contribution in [-0.2, 0) is 9.84 Å². The summed E-state index contributed by atoms with van der Waals surface area (Å²) in [5.41, 5.74) is 1.83. The molecule has 2 aromatic carbocycles. The molecule has 0 bridgehead atoms. The number of rotatable bonds is 3. The highest BCUT2D eigenvalue weighted by atomic mass is 32.2. The Kier molecular flexibility index (Phi) is 3.62. The summed E-state index contributed by atoms with van der Waals surface area (Å²) in [6, 6.07) is 11.7. The van der Waals surface area contributed by atoms with Crippen LogP contribution < -0.4 is 4.74 Å². The lowest BCUT2D eigenvalue weighted by atomic mass is 10.2. The largest absolute Gasteiger partial charge is 0.496 e. The van der Waals surface area contributed by atoms with Crippen LogP contribution in [0.3, 0.4) is 0 Å². The first-order chi connectivity index (χ1) is 8.95. The standard InChI is InChI=1S/C15H16O3S/c1-11-4-6-13(7-5-11)19(16,17)14-8-9-15(18-3)12(2)10-14/h4-10H,1-3H3. The highest BCUT2D eigenvalue weighted by molar-refractivity contribution is 7.91. The van der Waals surface area contributed by atoms with Gasteiger partial charge in [0.1, 0.15) is 5.75 Å². The smallest absolute Gasteiger partial charge is 0.206 e. The number of benzene rings is 2. The Morgan fingerprint density at radius 2 is 1.47 bits per heavy atom. The first kappa shape index (κ1) is 13.6. The Labute approximate surface area is 113 Å². The van der Waals surface area contributed by atoms with E-state index in [1.165, 1.54) is 0 Å². The molecule has 100 valence electrons. The van der Waals surface area contributed by atoms with Crippen molar-refractivity contribution in [3.8, 4) is 5.75 Å². The average Bonchev–Trinajstić information content (AvgIpc) is 2.39. The Bertz CT molecular complexity index is 686. The second-order valence-corrected chi connectivity index (χ2v) is 6.40. The van der Waals surface area contributed by atoms with Crippen molar-refractivity contribution in [1.29, 1.82) is 0 Å². The molecule has 0 fully saturated rings. The van der Waals surface area contributed by atoms with Crippen molar-refractivity contribution in [1.82, 2.24) is 0 Å². The molecule has 19 heavy (non-hydrogen) atoms. The summed E-state index contributed by atoms with van der Waals surface area (Å²) in [6.07, 6.45) is 0. The summed E-state index contributed by atoms with van der Waals surface area (Å²) in [5.74, 6) is 0.683. The first-order valence-electron chi connectivity index (χ1n) is 5.91. The van der Waals surface area contributed by atoms with Gasteiger partial charge in [-0.3, -0.25) is 0 Å². The van der Waals surface area contributed by atoms with Crippen LogP contribution in [-0.4, -0.2) is 15.5 Å². The number of hydrogen-bond donors (Lipinski definition) is 0. The van der Waals surface area contributed by atoms with E-state index in [4.69, 9.17) is 4.74 Å². The Morgan fingerprint density at radius 1 is 0.895 bits per heavy atom. The zero-order chi connectivity index (χ0) is 14.0. The van der Waals surface area contributed by atoms with E-state index in [1.54, 1.807) is 49.6 Å². The number of sulfone groups is 1. The van der Waals surface area contributed by atoms with Gasteiger partial charge in [-0.2, -0.15) is 0 Å². The maximum absolute atomic E-state index is 12.5. The van der Waals surface area contributed by atoms with E-state index in [1.807, 2.05) is 13.8 Å². The molecule has 0 spiro atoms. The molecule has 0 aliphatic carbocycles. The third-order valence-electron chi connectivity index (χ3n) is 3.01. The molecule has 0 aromatic heterocycles. The summed E-state index contributed by atoms with van der Waals surface area (Å²) in [6.45, 7) is 3.75. The Morgan fingerprint density at radius 3 is 2.00 bits per heavy atom. The molecule has 0 radical (unpaired) electrons. The summed E-state index contributed by atoms with van der Waals surface area (Å²) in [5, 5.41) is 0. The van der Waals surface area contributed by atoms with Crippen LogP contribution in [0.5, 0.6) is 5.75 Å². The quantitative estimate of drug-likeness (QED) is 0.865. The Balaban J connectivity index is 2.50. The minimum atomic E-state index is -3.46. The van der Waals surface area contributed by atoms with Crippen LogP contribution in [0.4, 0.5) is 0 Å². The van der Waals surface area contributed by atoms with Crippen molar-refractivity contribution in [3.63, 3.8) is 0 Å². The molecule has 0 amide bonds. The van der Waals surface area contributed by atoms with Gasteiger partial charge in [-0.05, 0) is 49.7 Å². The van der Waals surface area contributed by atoms with Gasteiger partial charge < -0.3 is 4.74 Å². The van der Waals surface area contributed by atoms with Gasteiger partial charge in [-0.1, -0.05) is 17.7 Å². The molecule has 0 saturated heterocycles. The van der Waals surface area contributed by atoms with Crippen molar-refractivity contribution >= 4 is 9.84 Å². The minimum absolute atomic E-state index is 0.287. The van der Waals surface area contributed by atoms with E-state index in [9.17, 15) is 8.42 Å². The first-order valence-corrected chi connectivity index (χ1v) is 7.40. The van der Waals surface area contributed by atoms with Crippen molar-refractivity contribution in [2.24, 2.45) is 0 Å². The summed E-state index contributed by atoms with van der Waals surface area (Å²) < 4.78 is 30.1. The fourth-order valence-electron chi connectivity index (χ4n) is 1.87. The SMILES string of the molecule is COc1ccc(S(=O)(=O)c2ccc(C)cc2)cc1C. The zero-order valence-corrected chi connectivity index (χ0v) is 12.0. The van der Waals surface area contributed by atoms with E-state index in [-0.39, 0.29) is 4.90 Å². The Hall–Kier alpha value is -1.81. The van der Waals surface area contributed by atoms with E-state index >= 15 is 0 Å². The third-order valence-corrected chi connectivity index (χ3v) is 4.78. The topological polar surface area (TPSA) is 43.4 Å². The van der Waals surface area contributed by atoms with Crippen LogP contribution in [0.2, 0.25) is 0 Å². The highest BCUT2D eigenvalue weighted by Gasteiger charge is 2.18. The van der Waals surface area contributed by atoms with E-state index in [2.05, 4.69) is 0 Å². The van der Waals surface area contributed by atoms with Crippen molar-refractivity contribution in [3.05, 3.63) is 53.6 Å². The normalized spacial score (nSPS) is 11.3. The molecule has 0 aliphatic heterocycles. The molecular weight excluding hydrogens is 260 g/mol. The fourth-order valence-corrected chi connectivity index (χ4v) is 3.22. The van der Waals surface area contributed by atoms with E-state index in [0.29, 0.717) is 10.6 Å². The fraction of sp³-hybridized carbons (Fsp3) is 0.200. The second-order valence-electron chi connectivity index (χ2n) is 4.45. The van der Waals surface area contributed by atoms with Crippen molar-refractivity contribution in [2.75, 3.05) is 7.11 Å². The van der Waals surface area contributed by atoms with Gasteiger partial charge >= 0.3 is 0 Å². The third kappa shape index (κ3) is 2.63. The molecule has 2 rings (SSSR count). The number of methoxy groups -OCH3 is 1. The molecule has 0 unspecified atom stereocenters. The van der Waals surface area contributed by atoms with E-state index in [0.717, 1.165) is 11.1 Å². The van der Waals surface area contributed by atoms with Gasteiger partial charge in [0.15, 0.2) is 0 Å². The van der Waals surface area contributed by atoms with Gasteiger partial charge in [0.2, 0.25) is 9.84 Å². The molecule has 0 saturated carbocycles. The highest BCUT2D eigenvalue weighted by Crippen LogP contribution is 2.26. The summed E-state index contributed by atoms with van der Waals surface area (Å²) >= 11 is 0. The van der Waals surface area contributed by atoms with Crippen molar-refractivity contribution < 1.29 is 13.2 Å². The minimum Gasteiger partial charge on any atom is -0.496 e. The molecular formula is C15H16O3S.